The highest BCUT2D eigenvalue weighted by atomic mass is 19.1. The molecular formula is C14H17F2N3O. The largest absolute Gasteiger partial charge is 0.336 e. The number of nitrogens with zero attached hydrogens (tertiary/aromatic N) is 2. The molecule has 1 aromatic rings. The number of benzene rings is 1. The second-order valence-corrected chi connectivity index (χ2v) is 5.26. The summed E-state index contributed by atoms with van der Waals surface area (Å²) in [5.74, 6) is -1.81. The molecule has 2 fully saturated rings. The van der Waals surface area contributed by atoms with Crippen molar-refractivity contribution in [1.82, 2.24) is 15.1 Å². The Labute approximate surface area is 116 Å². The maximum Gasteiger partial charge on any atom is 0.256 e. The van der Waals surface area contributed by atoms with E-state index in [0.717, 1.165) is 38.3 Å². The van der Waals surface area contributed by atoms with Crippen LogP contribution < -0.4 is 5.32 Å². The van der Waals surface area contributed by atoms with E-state index in [0.29, 0.717) is 19.1 Å². The number of halogens is 2. The van der Waals surface area contributed by atoms with Gasteiger partial charge in [-0.3, -0.25) is 9.69 Å². The number of hydrogen-bond donors (Lipinski definition) is 1. The summed E-state index contributed by atoms with van der Waals surface area (Å²) in [4.78, 5) is 16.2. The fourth-order valence-electron chi connectivity index (χ4n) is 2.66. The number of hydrogen-bond acceptors (Lipinski definition) is 3. The Morgan fingerprint density at radius 3 is 2.40 bits per heavy atom. The maximum absolute atomic E-state index is 13.6. The molecule has 0 spiro atoms. The molecule has 0 unspecified atom stereocenters. The molecule has 2 saturated heterocycles. The molecule has 108 valence electrons. The number of nitrogens with one attached hydrogen (secondary N) is 1. The third-order valence-corrected chi connectivity index (χ3v) is 4.04. The van der Waals surface area contributed by atoms with Crippen molar-refractivity contribution in [2.45, 2.75) is 6.04 Å². The lowest BCUT2D eigenvalue weighted by atomic mass is 10.1. The molecule has 3 rings (SSSR count). The van der Waals surface area contributed by atoms with Gasteiger partial charge in [0.25, 0.3) is 5.91 Å². The van der Waals surface area contributed by atoms with E-state index in [4.69, 9.17) is 0 Å². The lowest BCUT2D eigenvalue weighted by Crippen LogP contribution is -2.62. The van der Waals surface area contributed by atoms with Crippen molar-refractivity contribution in [3.05, 3.63) is 35.4 Å². The molecule has 0 aromatic heterocycles. The Kier molecular flexibility index (Phi) is 3.67. The summed E-state index contributed by atoms with van der Waals surface area (Å²) in [5.41, 5.74) is -0.0508. The molecule has 0 radical (unpaired) electrons. The van der Waals surface area contributed by atoms with Gasteiger partial charge < -0.3 is 10.2 Å². The van der Waals surface area contributed by atoms with Gasteiger partial charge in [0, 0.05) is 51.4 Å². The number of amides is 1. The summed E-state index contributed by atoms with van der Waals surface area (Å²) in [5, 5.41) is 3.22. The summed E-state index contributed by atoms with van der Waals surface area (Å²) < 4.78 is 26.5. The van der Waals surface area contributed by atoms with Crippen molar-refractivity contribution < 1.29 is 13.6 Å². The Hall–Kier alpha value is -1.53. The predicted octanol–water partition coefficient (Wildman–Crippen LogP) is 0.694. The zero-order valence-corrected chi connectivity index (χ0v) is 11.1. The molecule has 1 N–H and O–H groups in total. The third kappa shape index (κ3) is 2.53. The average Bonchev–Trinajstić information content (AvgIpc) is 2.37. The first-order chi connectivity index (χ1) is 9.65. The van der Waals surface area contributed by atoms with E-state index >= 15 is 0 Å². The zero-order chi connectivity index (χ0) is 14.1. The van der Waals surface area contributed by atoms with Crippen molar-refractivity contribution in [2.75, 3.05) is 39.3 Å². The van der Waals surface area contributed by atoms with E-state index < -0.39 is 11.6 Å². The molecular weight excluding hydrogens is 264 g/mol. The fraction of sp³-hybridized carbons (Fsp3) is 0.500. The normalized spacial score (nSPS) is 20.8. The van der Waals surface area contributed by atoms with Gasteiger partial charge in [-0.25, -0.2) is 8.78 Å². The Bertz CT molecular complexity index is 511. The van der Waals surface area contributed by atoms with Crippen LogP contribution in [0.3, 0.4) is 0 Å². The molecule has 6 heteroatoms. The number of rotatable bonds is 2. The monoisotopic (exact) mass is 281 g/mol. The van der Waals surface area contributed by atoms with Gasteiger partial charge in [0.15, 0.2) is 0 Å². The van der Waals surface area contributed by atoms with E-state index in [9.17, 15) is 13.6 Å². The second-order valence-electron chi connectivity index (χ2n) is 5.26. The number of carbonyl (C=O) groups excluding carboxylic acids is 1. The summed E-state index contributed by atoms with van der Waals surface area (Å²) in [7, 11) is 0. The van der Waals surface area contributed by atoms with Crippen LogP contribution in [-0.2, 0) is 0 Å². The minimum Gasteiger partial charge on any atom is -0.336 e. The highest BCUT2D eigenvalue weighted by molar-refractivity contribution is 5.94. The summed E-state index contributed by atoms with van der Waals surface area (Å²) >= 11 is 0. The predicted molar refractivity (Wildman–Crippen MR) is 70.5 cm³/mol. The molecule has 2 aliphatic rings. The van der Waals surface area contributed by atoms with E-state index in [1.807, 2.05) is 0 Å². The van der Waals surface area contributed by atoms with Gasteiger partial charge in [0.1, 0.15) is 11.6 Å². The van der Waals surface area contributed by atoms with Crippen LogP contribution in [0.15, 0.2) is 18.2 Å². The van der Waals surface area contributed by atoms with Gasteiger partial charge >= 0.3 is 0 Å². The summed E-state index contributed by atoms with van der Waals surface area (Å²) in [6.45, 7) is 4.79. The molecule has 20 heavy (non-hydrogen) atoms. The summed E-state index contributed by atoms with van der Waals surface area (Å²) in [6.07, 6.45) is 0. The van der Waals surface area contributed by atoms with E-state index in [-0.39, 0.29) is 11.5 Å². The quantitative estimate of drug-likeness (QED) is 0.866. The first-order valence-corrected chi connectivity index (χ1v) is 6.84. The minimum absolute atomic E-state index is 0.0508. The fourth-order valence-corrected chi connectivity index (χ4v) is 2.66. The van der Waals surface area contributed by atoms with Gasteiger partial charge in [-0.15, -0.1) is 0 Å². The van der Waals surface area contributed by atoms with E-state index in [1.165, 1.54) is 6.07 Å². The molecule has 1 aromatic carbocycles. The minimum atomic E-state index is -0.791. The highest BCUT2D eigenvalue weighted by Gasteiger charge is 2.30. The Morgan fingerprint density at radius 2 is 1.85 bits per heavy atom. The molecule has 0 bridgehead atoms. The molecule has 0 saturated carbocycles. The molecule has 2 aliphatic heterocycles. The highest BCUT2D eigenvalue weighted by Crippen LogP contribution is 2.15. The second kappa shape index (κ2) is 5.46. The van der Waals surface area contributed by atoms with Crippen LogP contribution in [0.25, 0.3) is 0 Å². The van der Waals surface area contributed by atoms with Crippen molar-refractivity contribution in [2.24, 2.45) is 0 Å². The lowest BCUT2D eigenvalue weighted by Gasteiger charge is -2.43. The standard InChI is InChI=1S/C14H17F2N3O/c15-10-1-2-12(13(16)7-10)14(20)19-5-3-18(4-6-19)11-8-17-9-11/h1-2,7,11,17H,3-6,8-9H2. The maximum atomic E-state index is 13.6. The van der Waals surface area contributed by atoms with Gasteiger partial charge in [-0.1, -0.05) is 0 Å². The van der Waals surface area contributed by atoms with Crippen LogP contribution in [0, 0.1) is 11.6 Å². The average molecular weight is 281 g/mol. The number of carbonyl (C=O) groups is 1. The van der Waals surface area contributed by atoms with Crippen LogP contribution >= 0.6 is 0 Å². The van der Waals surface area contributed by atoms with Gasteiger partial charge in [-0.05, 0) is 12.1 Å². The smallest absolute Gasteiger partial charge is 0.256 e. The van der Waals surface area contributed by atoms with Crippen LogP contribution in [0.2, 0.25) is 0 Å². The van der Waals surface area contributed by atoms with Crippen LogP contribution in [-0.4, -0.2) is 61.0 Å². The molecule has 0 aliphatic carbocycles. The van der Waals surface area contributed by atoms with Gasteiger partial charge in [0.05, 0.1) is 5.56 Å². The Balaban J connectivity index is 1.63. The summed E-state index contributed by atoms with van der Waals surface area (Å²) in [6, 6.07) is 3.65. The van der Waals surface area contributed by atoms with E-state index in [1.54, 1.807) is 4.90 Å². The molecule has 2 heterocycles. The zero-order valence-electron chi connectivity index (χ0n) is 11.1. The van der Waals surface area contributed by atoms with Crippen molar-refractivity contribution in [3.63, 3.8) is 0 Å². The topological polar surface area (TPSA) is 35.6 Å². The van der Waals surface area contributed by atoms with Crippen molar-refractivity contribution in [1.29, 1.82) is 0 Å². The third-order valence-electron chi connectivity index (χ3n) is 4.04. The van der Waals surface area contributed by atoms with Gasteiger partial charge in [0.2, 0.25) is 0 Å². The van der Waals surface area contributed by atoms with E-state index in [2.05, 4.69) is 10.2 Å². The molecule has 4 nitrogen and oxygen atoms in total. The first-order valence-electron chi connectivity index (χ1n) is 6.84. The SMILES string of the molecule is O=C(c1ccc(F)cc1F)N1CCN(C2CNC2)CC1. The van der Waals surface area contributed by atoms with Crippen molar-refractivity contribution >= 4 is 5.91 Å². The van der Waals surface area contributed by atoms with Gasteiger partial charge in [-0.2, -0.15) is 0 Å². The molecule has 0 atom stereocenters. The van der Waals surface area contributed by atoms with Crippen LogP contribution in [0.1, 0.15) is 10.4 Å². The molecule has 1 amide bonds. The lowest BCUT2D eigenvalue weighted by molar-refractivity contribution is 0.0498. The van der Waals surface area contributed by atoms with Crippen molar-refractivity contribution in [3.8, 4) is 0 Å². The Morgan fingerprint density at radius 1 is 1.15 bits per heavy atom. The number of piperazine rings is 1. The van der Waals surface area contributed by atoms with Crippen LogP contribution in [0.5, 0.6) is 0 Å². The van der Waals surface area contributed by atoms with Crippen LogP contribution in [0.4, 0.5) is 8.78 Å². The first kappa shape index (κ1) is 13.5.